The summed E-state index contributed by atoms with van der Waals surface area (Å²) < 4.78 is 31.4. The van der Waals surface area contributed by atoms with Crippen LogP contribution in [0.4, 0.5) is 0 Å². The molecule has 0 bridgehead atoms. The number of hydrogen-bond donors (Lipinski definition) is 8. The molecule has 5 aliphatic carbocycles. The van der Waals surface area contributed by atoms with E-state index in [1.54, 1.807) is 0 Å². The summed E-state index contributed by atoms with van der Waals surface area (Å²) in [6, 6.07) is 0. The molecule has 3 heterocycles. The second kappa shape index (κ2) is 12.0. The molecule has 7 unspecified atom stereocenters. The lowest BCUT2D eigenvalue weighted by atomic mass is 9.41. The molecule has 8 aliphatic rings. The molecule has 286 valence electrons. The highest BCUT2D eigenvalue weighted by molar-refractivity contribution is 5.33. The molecule has 8 N–H and O–H groups in total. The lowest BCUT2D eigenvalue weighted by Crippen LogP contribution is -2.65. The van der Waals surface area contributed by atoms with Crippen molar-refractivity contribution in [2.75, 3.05) is 13.2 Å². The molecule has 50 heavy (non-hydrogen) atoms. The number of ether oxygens (including phenoxy) is 5. The van der Waals surface area contributed by atoms with Crippen LogP contribution in [0.15, 0.2) is 0 Å². The van der Waals surface area contributed by atoms with Crippen molar-refractivity contribution in [1.29, 1.82) is 0 Å². The van der Waals surface area contributed by atoms with Gasteiger partial charge in [0, 0.05) is 6.42 Å². The maximum absolute atomic E-state index is 11.2. The zero-order valence-electron chi connectivity index (χ0n) is 30.0. The Labute approximate surface area is 294 Å². The summed E-state index contributed by atoms with van der Waals surface area (Å²) in [4.78, 5) is 0. The zero-order valence-corrected chi connectivity index (χ0v) is 30.0. The summed E-state index contributed by atoms with van der Waals surface area (Å²) in [5.74, 6) is 0.696. The fourth-order valence-electron chi connectivity index (χ4n) is 14.0. The first kappa shape index (κ1) is 36.5. The first-order valence-electron chi connectivity index (χ1n) is 19.1. The summed E-state index contributed by atoms with van der Waals surface area (Å²) in [6.07, 6.45) is -6.88. The van der Waals surface area contributed by atoms with Gasteiger partial charge in [0.1, 0.15) is 42.7 Å². The number of fused-ring (bicyclic) bond motifs is 4. The number of aliphatic hydroxyl groups excluding tert-OH is 8. The average molecular weight is 713 g/mol. The van der Waals surface area contributed by atoms with E-state index in [2.05, 4.69) is 34.6 Å². The van der Waals surface area contributed by atoms with Crippen molar-refractivity contribution >= 4 is 0 Å². The molecular weight excluding hydrogens is 652 g/mol. The van der Waals surface area contributed by atoms with Crippen LogP contribution in [0, 0.1) is 50.7 Å². The van der Waals surface area contributed by atoms with Crippen molar-refractivity contribution in [3.63, 3.8) is 0 Å². The van der Waals surface area contributed by atoms with Crippen molar-refractivity contribution in [3.05, 3.63) is 0 Å². The average Bonchev–Trinajstić information content (AvgIpc) is 3.64. The Morgan fingerprint density at radius 2 is 1.46 bits per heavy atom. The molecule has 0 aromatic rings. The lowest BCUT2D eigenvalue weighted by Gasteiger charge is -2.65. The molecule has 2 spiro atoms. The van der Waals surface area contributed by atoms with Gasteiger partial charge in [-0.3, -0.25) is 0 Å². The van der Waals surface area contributed by atoms with Crippen molar-refractivity contribution in [3.8, 4) is 0 Å². The first-order chi connectivity index (χ1) is 23.5. The third-order valence-electron chi connectivity index (χ3n) is 16.5. The molecule has 3 aliphatic heterocycles. The minimum Gasteiger partial charge on any atom is -0.394 e. The Morgan fingerprint density at radius 1 is 0.740 bits per heavy atom. The van der Waals surface area contributed by atoms with Gasteiger partial charge in [-0.1, -0.05) is 34.6 Å². The van der Waals surface area contributed by atoms with Gasteiger partial charge < -0.3 is 64.5 Å². The van der Waals surface area contributed by atoms with Gasteiger partial charge in [-0.25, -0.2) is 0 Å². The largest absolute Gasteiger partial charge is 0.394 e. The van der Waals surface area contributed by atoms with Gasteiger partial charge in [0.05, 0.1) is 31.5 Å². The van der Waals surface area contributed by atoms with E-state index < -0.39 is 79.7 Å². The van der Waals surface area contributed by atoms with Crippen LogP contribution in [0.3, 0.4) is 0 Å². The van der Waals surface area contributed by atoms with Crippen molar-refractivity contribution < 1.29 is 64.5 Å². The van der Waals surface area contributed by atoms with E-state index in [1.165, 1.54) is 0 Å². The minimum absolute atomic E-state index is 0.00209. The van der Waals surface area contributed by atoms with Crippen LogP contribution in [0.1, 0.15) is 86.0 Å². The topological polar surface area (TPSA) is 208 Å². The predicted molar refractivity (Wildman–Crippen MR) is 174 cm³/mol. The highest BCUT2D eigenvalue weighted by Crippen LogP contribution is 2.89. The fraction of sp³-hybridized carbons (Fsp3) is 1.00. The van der Waals surface area contributed by atoms with Crippen LogP contribution in [-0.4, -0.2) is 134 Å². The third kappa shape index (κ3) is 4.78. The Hall–Kier alpha value is -0.520. The number of aliphatic hydroxyl groups is 8. The van der Waals surface area contributed by atoms with Gasteiger partial charge >= 0.3 is 0 Å². The molecule has 0 amide bonds. The quantitative estimate of drug-likeness (QED) is 0.182. The molecule has 13 heteroatoms. The van der Waals surface area contributed by atoms with Crippen molar-refractivity contribution in [2.45, 2.75) is 166 Å². The molecule has 21 atom stereocenters. The fourth-order valence-corrected chi connectivity index (χ4v) is 14.0. The van der Waals surface area contributed by atoms with E-state index >= 15 is 0 Å². The standard InChI is InChI=1S/C37H60O13/c1-16-10-23(40)47-19-12-35(5)30-18(48-32-29(45)27(43)26(42)20(13-38)49-32)11-21-33(2,3)22(50-31-28(44)25(41)17(39)14-46-31)6-7-36(21)15-37(30,36)9-8-34(35,4)24(16)19/h16-32,38-45H,6-15H2,1-5H3/t16-,17-,18?,19?,20+,21?,22?,23?,24?,25+,26+,27-,28-,29+,30?,31+,32+,34-,35+,36-,37+/m1/s1. The third-order valence-corrected chi connectivity index (χ3v) is 16.5. The van der Waals surface area contributed by atoms with E-state index in [9.17, 15) is 40.9 Å². The highest BCUT2D eigenvalue weighted by Gasteiger charge is 2.85. The smallest absolute Gasteiger partial charge is 0.186 e. The van der Waals surface area contributed by atoms with Crippen LogP contribution in [-0.2, 0) is 23.7 Å². The van der Waals surface area contributed by atoms with Gasteiger partial charge in [0.2, 0.25) is 0 Å². The van der Waals surface area contributed by atoms with Crippen LogP contribution in [0.2, 0.25) is 0 Å². The van der Waals surface area contributed by atoms with Gasteiger partial charge in [0.25, 0.3) is 0 Å². The molecule has 0 aromatic heterocycles. The van der Waals surface area contributed by atoms with Gasteiger partial charge in [-0.05, 0) is 95.7 Å². The Bertz CT molecular complexity index is 1300. The normalized spacial score (nSPS) is 61.3. The maximum atomic E-state index is 11.2. The van der Waals surface area contributed by atoms with E-state index in [-0.39, 0.29) is 64.1 Å². The van der Waals surface area contributed by atoms with E-state index in [4.69, 9.17) is 23.7 Å². The Morgan fingerprint density at radius 3 is 2.18 bits per heavy atom. The first-order valence-corrected chi connectivity index (χ1v) is 19.1. The van der Waals surface area contributed by atoms with Crippen molar-refractivity contribution in [2.24, 2.45) is 50.7 Å². The van der Waals surface area contributed by atoms with E-state index in [1.807, 2.05) is 0 Å². The molecule has 0 aromatic carbocycles. The Balaban J connectivity index is 1.16. The zero-order chi connectivity index (χ0) is 35.9. The molecule has 8 rings (SSSR count). The van der Waals surface area contributed by atoms with Crippen LogP contribution in [0.5, 0.6) is 0 Å². The summed E-state index contributed by atoms with van der Waals surface area (Å²) in [5.41, 5.74) is -0.859. The minimum atomic E-state index is -1.56. The van der Waals surface area contributed by atoms with Crippen LogP contribution in [0.25, 0.3) is 0 Å². The van der Waals surface area contributed by atoms with Gasteiger partial charge in [-0.2, -0.15) is 0 Å². The maximum Gasteiger partial charge on any atom is 0.186 e. The molecular formula is C37H60O13. The summed E-state index contributed by atoms with van der Waals surface area (Å²) >= 11 is 0. The molecule has 8 fully saturated rings. The lowest BCUT2D eigenvalue weighted by molar-refractivity contribution is -0.335. The monoisotopic (exact) mass is 712 g/mol. The van der Waals surface area contributed by atoms with Crippen molar-refractivity contribution in [1.82, 2.24) is 0 Å². The number of rotatable bonds is 5. The van der Waals surface area contributed by atoms with E-state index in [0.717, 1.165) is 38.5 Å². The van der Waals surface area contributed by atoms with Crippen LogP contribution < -0.4 is 0 Å². The van der Waals surface area contributed by atoms with Crippen LogP contribution >= 0.6 is 0 Å². The van der Waals surface area contributed by atoms with E-state index in [0.29, 0.717) is 12.8 Å². The molecule has 5 saturated carbocycles. The van der Waals surface area contributed by atoms with Gasteiger partial charge in [0.15, 0.2) is 18.9 Å². The molecule has 3 saturated heterocycles. The Kier molecular flexibility index (Phi) is 8.74. The second-order valence-electron chi connectivity index (χ2n) is 18.8. The molecule has 0 radical (unpaired) electrons. The second-order valence-corrected chi connectivity index (χ2v) is 18.8. The summed E-state index contributed by atoms with van der Waals surface area (Å²) in [6.45, 7) is 10.7. The predicted octanol–water partition coefficient (Wildman–Crippen LogP) is 0.398. The SMILES string of the molecule is C[C@@H]1CC(O)OC2C[C@@]3(C)C4C(O[C@H]5O[C@@H](CO)[C@H](O)[C@@H](O)[C@@H]5O)CC5C(C)(C)C(O[C@@H]6OC[C@@H](O)[C@H](O)[C@H]6O)CC[C@@]56C[C@@]46CC[C@]3(C)C21. The highest BCUT2D eigenvalue weighted by atomic mass is 16.7. The van der Waals surface area contributed by atoms with Gasteiger partial charge in [-0.15, -0.1) is 0 Å². The summed E-state index contributed by atoms with van der Waals surface area (Å²) in [5, 5.41) is 84.3. The molecule has 13 nitrogen and oxygen atoms in total. The number of hydrogen-bond acceptors (Lipinski definition) is 13. The summed E-state index contributed by atoms with van der Waals surface area (Å²) in [7, 11) is 0.